The van der Waals surface area contributed by atoms with E-state index < -0.39 is 17.8 Å². The molecule has 1 heterocycles. The minimum absolute atomic E-state index is 0.201. The van der Waals surface area contributed by atoms with Crippen LogP contribution in [0.2, 0.25) is 0 Å². The molecule has 0 aliphatic heterocycles. The summed E-state index contributed by atoms with van der Waals surface area (Å²) in [5.74, 6) is 0.862. The number of carbonyl (C=O) groups is 1. The lowest BCUT2D eigenvalue weighted by Gasteiger charge is -2.19. The smallest absolute Gasteiger partial charge is 0.413 e. The highest BCUT2D eigenvalue weighted by atomic mass is 16.6. The molecule has 1 aromatic rings. The number of anilines is 1. The summed E-state index contributed by atoms with van der Waals surface area (Å²) >= 11 is 0. The lowest BCUT2D eigenvalue weighted by molar-refractivity contribution is 0.0635. The Kier molecular flexibility index (Phi) is 5.76. The summed E-state index contributed by atoms with van der Waals surface area (Å²) in [5.41, 5.74) is -0.566. The van der Waals surface area contributed by atoms with E-state index in [1.165, 1.54) is 6.20 Å². The van der Waals surface area contributed by atoms with Gasteiger partial charge >= 0.3 is 6.09 Å². The molecule has 0 aliphatic carbocycles. The van der Waals surface area contributed by atoms with Gasteiger partial charge in [-0.2, -0.15) is 0 Å². The second kappa shape index (κ2) is 7.09. The van der Waals surface area contributed by atoms with Crippen LogP contribution in [-0.2, 0) is 4.74 Å². The van der Waals surface area contributed by atoms with Gasteiger partial charge < -0.3 is 14.6 Å². The molecule has 1 aromatic heterocycles. The quantitative estimate of drug-likeness (QED) is 0.867. The van der Waals surface area contributed by atoms with Gasteiger partial charge in [0.1, 0.15) is 23.8 Å². The first-order chi connectivity index (χ1) is 9.30. The first kappa shape index (κ1) is 16.2. The second-order valence-corrected chi connectivity index (χ2v) is 5.38. The zero-order valence-corrected chi connectivity index (χ0v) is 12.3. The number of aromatic nitrogens is 1. The normalized spacial score (nSPS) is 12.7. The zero-order chi connectivity index (χ0) is 15.2. The highest BCUT2D eigenvalue weighted by Crippen LogP contribution is 2.16. The van der Waals surface area contributed by atoms with Crippen LogP contribution in [0.5, 0.6) is 5.75 Å². The van der Waals surface area contributed by atoms with Crippen LogP contribution in [0.25, 0.3) is 0 Å². The van der Waals surface area contributed by atoms with E-state index in [1.54, 1.807) is 32.9 Å². The maximum atomic E-state index is 11.6. The highest BCUT2D eigenvalue weighted by molar-refractivity contribution is 5.83. The van der Waals surface area contributed by atoms with Gasteiger partial charge in [0.05, 0.1) is 6.10 Å². The third-order valence-electron chi connectivity index (χ3n) is 2.27. The number of hydrogen-bond acceptors (Lipinski definition) is 5. The van der Waals surface area contributed by atoms with Gasteiger partial charge in [-0.15, -0.1) is 0 Å². The average Bonchev–Trinajstić information content (AvgIpc) is 2.34. The summed E-state index contributed by atoms with van der Waals surface area (Å²) in [6, 6.07) is 3.23. The van der Waals surface area contributed by atoms with Crippen LogP contribution >= 0.6 is 0 Å². The molecule has 1 amide bonds. The number of nitrogens with one attached hydrogen (secondary N) is 1. The lowest BCUT2D eigenvalue weighted by Crippen LogP contribution is -2.27. The van der Waals surface area contributed by atoms with Crippen LogP contribution in [0, 0.1) is 0 Å². The molecular formula is C14H22N2O4. The fraction of sp³-hybridized carbons (Fsp3) is 0.571. The predicted molar refractivity (Wildman–Crippen MR) is 75.9 cm³/mol. The Morgan fingerprint density at radius 1 is 1.50 bits per heavy atom. The molecule has 1 atom stereocenters. The molecule has 0 saturated heterocycles. The van der Waals surface area contributed by atoms with E-state index in [1.807, 2.05) is 6.92 Å². The Morgan fingerprint density at radius 3 is 2.80 bits per heavy atom. The maximum absolute atomic E-state index is 11.6. The summed E-state index contributed by atoms with van der Waals surface area (Å²) in [4.78, 5) is 15.6. The SMILES string of the molecule is CCC(O)COc1ccnc(NC(=O)OC(C)(C)C)c1. The Hall–Kier alpha value is -1.82. The summed E-state index contributed by atoms with van der Waals surface area (Å²) < 4.78 is 10.5. The van der Waals surface area contributed by atoms with Crippen LogP contribution < -0.4 is 10.1 Å². The molecule has 1 rings (SSSR count). The monoisotopic (exact) mass is 282 g/mol. The van der Waals surface area contributed by atoms with Gasteiger partial charge in [-0.3, -0.25) is 5.32 Å². The van der Waals surface area contributed by atoms with Crippen LogP contribution in [0.1, 0.15) is 34.1 Å². The van der Waals surface area contributed by atoms with Crippen molar-refractivity contribution >= 4 is 11.9 Å². The number of amides is 1. The molecular weight excluding hydrogens is 260 g/mol. The van der Waals surface area contributed by atoms with Crippen molar-refractivity contribution in [3.05, 3.63) is 18.3 Å². The molecule has 6 nitrogen and oxygen atoms in total. The van der Waals surface area contributed by atoms with Gasteiger partial charge in [0.2, 0.25) is 0 Å². The van der Waals surface area contributed by atoms with Crippen molar-refractivity contribution in [2.24, 2.45) is 0 Å². The van der Waals surface area contributed by atoms with Gasteiger partial charge in [0.25, 0.3) is 0 Å². The Balaban J connectivity index is 2.57. The third kappa shape index (κ3) is 6.38. The number of ether oxygens (including phenoxy) is 2. The number of carbonyl (C=O) groups excluding carboxylic acids is 1. The first-order valence-corrected chi connectivity index (χ1v) is 6.57. The van der Waals surface area contributed by atoms with Crippen LogP contribution in [0.15, 0.2) is 18.3 Å². The summed E-state index contributed by atoms with van der Waals surface area (Å²) in [6.45, 7) is 7.42. The predicted octanol–water partition coefficient (Wildman–Crippen LogP) is 2.58. The summed E-state index contributed by atoms with van der Waals surface area (Å²) in [5, 5.41) is 12.0. The minimum Gasteiger partial charge on any atom is -0.491 e. The van der Waals surface area contributed by atoms with Crippen molar-refractivity contribution in [1.82, 2.24) is 4.98 Å². The zero-order valence-electron chi connectivity index (χ0n) is 12.3. The molecule has 6 heteroatoms. The van der Waals surface area contributed by atoms with E-state index in [0.29, 0.717) is 18.0 Å². The molecule has 112 valence electrons. The molecule has 0 aliphatic rings. The minimum atomic E-state index is -0.573. The molecule has 20 heavy (non-hydrogen) atoms. The fourth-order valence-corrected chi connectivity index (χ4v) is 1.29. The number of hydrogen-bond donors (Lipinski definition) is 2. The number of pyridine rings is 1. The van der Waals surface area contributed by atoms with Crippen LogP contribution in [0.4, 0.5) is 10.6 Å². The average molecular weight is 282 g/mol. The number of rotatable bonds is 5. The Morgan fingerprint density at radius 2 is 2.20 bits per heavy atom. The van der Waals surface area contributed by atoms with Crippen molar-refractivity contribution in [2.45, 2.75) is 45.8 Å². The number of aliphatic hydroxyl groups excluding tert-OH is 1. The van der Waals surface area contributed by atoms with Gasteiger partial charge in [-0.1, -0.05) is 6.92 Å². The van der Waals surface area contributed by atoms with Gasteiger partial charge in [-0.25, -0.2) is 9.78 Å². The molecule has 0 spiro atoms. The van der Waals surface area contributed by atoms with Crippen LogP contribution in [-0.4, -0.2) is 34.5 Å². The lowest BCUT2D eigenvalue weighted by atomic mass is 10.2. The fourth-order valence-electron chi connectivity index (χ4n) is 1.29. The van der Waals surface area contributed by atoms with E-state index in [4.69, 9.17) is 9.47 Å². The Labute approximate surface area is 119 Å². The molecule has 0 fully saturated rings. The van der Waals surface area contributed by atoms with Crippen molar-refractivity contribution in [3.8, 4) is 5.75 Å². The first-order valence-electron chi connectivity index (χ1n) is 6.57. The van der Waals surface area contributed by atoms with Crippen LogP contribution in [0.3, 0.4) is 0 Å². The molecule has 0 radical (unpaired) electrons. The van der Waals surface area contributed by atoms with E-state index in [2.05, 4.69) is 10.3 Å². The van der Waals surface area contributed by atoms with E-state index in [0.717, 1.165) is 0 Å². The highest BCUT2D eigenvalue weighted by Gasteiger charge is 2.16. The summed E-state index contributed by atoms with van der Waals surface area (Å²) in [6.07, 6.45) is 1.05. The maximum Gasteiger partial charge on any atom is 0.413 e. The van der Waals surface area contributed by atoms with E-state index >= 15 is 0 Å². The van der Waals surface area contributed by atoms with Crippen molar-refractivity contribution in [1.29, 1.82) is 0 Å². The van der Waals surface area contributed by atoms with Crippen molar-refractivity contribution in [2.75, 3.05) is 11.9 Å². The third-order valence-corrected chi connectivity index (χ3v) is 2.27. The molecule has 0 saturated carbocycles. The van der Waals surface area contributed by atoms with Gasteiger partial charge in [0, 0.05) is 12.3 Å². The molecule has 1 unspecified atom stereocenters. The molecule has 2 N–H and O–H groups in total. The molecule has 0 bridgehead atoms. The standard InChI is InChI=1S/C14H22N2O4/c1-5-10(17)9-19-11-6-7-15-12(8-11)16-13(18)20-14(2,3)4/h6-8,10,17H,5,9H2,1-4H3,(H,15,16,18). The molecule has 0 aromatic carbocycles. The van der Waals surface area contributed by atoms with Gasteiger partial charge in [0.15, 0.2) is 0 Å². The topological polar surface area (TPSA) is 80.7 Å². The summed E-state index contributed by atoms with van der Waals surface area (Å²) in [7, 11) is 0. The van der Waals surface area contributed by atoms with E-state index in [9.17, 15) is 9.90 Å². The van der Waals surface area contributed by atoms with E-state index in [-0.39, 0.29) is 6.61 Å². The van der Waals surface area contributed by atoms with Gasteiger partial charge in [-0.05, 0) is 33.3 Å². The van der Waals surface area contributed by atoms with Crippen molar-refractivity contribution < 1.29 is 19.4 Å². The largest absolute Gasteiger partial charge is 0.491 e. The number of nitrogens with zero attached hydrogens (tertiary/aromatic N) is 1. The number of aliphatic hydroxyl groups is 1. The Bertz CT molecular complexity index is 443. The van der Waals surface area contributed by atoms with Crippen molar-refractivity contribution in [3.63, 3.8) is 0 Å². The second-order valence-electron chi connectivity index (χ2n) is 5.38.